The van der Waals surface area contributed by atoms with Crippen molar-refractivity contribution in [2.75, 3.05) is 13.1 Å². The molecule has 2 N–H and O–H groups in total. The molecule has 0 spiro atoms. The molecule has 0 saturated carbocycles. The van der Waals surface area contributed by atoms with E-state index in [4.69, 9.17) is 11.6 Å². The number of halogens is 1. The fourth-order valence-electron chi connectivity index (χ4n) is 2.26. The second kappa shape index (κ2) is 7.74. The molecule has 0 aromatic carbocycles. The summed E-state index contributed by atoms with van der Waals surface area (Å²) in [5, 5.41) is 6.12. The van der Waals surface area contributed by atoms with E-state index < -0.39 is 12.1 Å². The van der Waals surface area contributed by atoms with E-state index in [1.54, 1.807) is 0 Å². The minimum Gasteiger partial charge on any atom is -0.356 e. The molecule has 0 unspecified atom stereocenters. The average Bonchev–Trinajstić information content (AvgIpc) is 2.93. The van der Waals surface area contributed by atoms with Crippen LogP contribution >= 0.6 is 22.9 Å². The number of amides is 4. The maximum Gasteiger partial charge on any atom is 0.324 e. The summed E-state index contributed by atoms with van der Waals surface area (Å²) in [6.07, 6.45) is 1.22. The molecule has 9 heteroatoms. The molecule has 1 aliphatic heterocycles. The predicted octanol–water partition coefficient (Wildman–Crippen LogP) is 1.48. The number of thiazole rings is 1. The summed E-state index contributed by atoms with van der Waals surface area (Å²) in [6, 6.07) is -1.20. The van der Waals surface area contributed by atoms with E-state index in [1.165, 1.54) is 11.3 Å². The summed E-state index contributed by atoms with van der Waals surface area (Å²) in [5.41, 5.74) is 0.785. The first kappa shape index (κ1) is 17.7. The van der Waals surface area contributed by atoms with Crippen molar-refractivity contribution in [2.45, 2.75) is 39.2 Å². The average molecular weight is 359 g/mol. The fraction of sp³-hybridized carbons (Fsp3) is 0.571. The summed E-state index contributed by atoms with van der Waals surface area (Å²) in [5.74, 6) is -0.615. The number of aryl methyl sites for hydroxylation is 1. The van der Waals surface area contributed by atoms with Crippen LogP contribution in [0.4, 0.5) is 4.79 Å². The van der Waals surface area contributed by atoms with Gasteiger partial charge in [-0.2, -0.15) is 0 Å². The second-order valence-corrected chi connectivity index (χ2v) is 6.95. The molecule has 2 rings (SSSR count). The van der Waals surface area contributed by atoms with Crippen LogP contribution in [0.25, 0.3) is 0 Å². The summed E-state index contributed by atoms with van der Waals surface area (Å²) in [6.45, 7) is 4.49. The molecule has 126 valence electrons. The van der Waals surface area contributed by atoms with Crippen LogP contribution in [0.2, 0.25) is 4.34 Å². The van der Waals surface area contributed by atoms with Gasteiger partial charge in [0.05, 0.1) is 17.1 Å². The highest BCUT2D eigenvalue weighted by Gasteiger charge is 2.38. The van der Waals surface area contributed by atoms with Crippen LogP contribution in [-0.4, -0.2) is 46.9 Å². The first-order valence-electron chi connectivity index (χ1n) is 7.42. The number of rotatable bonds is 7. The third kappa shape index (κ3) is 4.42. The standard InChI is InChI=1S/C14H19ClN4O3S/c1-3-6-19-13(21)9(18-14(19)22)7-10(20)16-5-4-11-17-8(2)12(15)23-11/h9H,3-7H2,1-2H3,(H,16,20)(H,18,22)/t9-/m1/s1. The van der Waals surface area contributed by atoms with Gasteiger partial charge in [-0.3, -0.25) is 14.5 Å². The van der Waals surface area contributed by atoms with Crippen LogP contribution in [0, 0.1) is 6.92 Å². The molecule has 1 aromatic rings. The molecule has 4 amide bonds. The number of nitrogens with one attached hydrogen (secondary N) is 2. The van der Waals surface area contributed by atoms with E-state index in [9.17, 15) is 14.4 Å². The monoisotopic (exact) mass is 358 g/mol. The van der Waals surface area contributed by atoms with Crippen LogP contribution in [0.3, 0.4) is 0 Å². The Morgan fingerprint density at radius 3 is 2.83 bits per heavy atom. The Bertz CT molecular complexity index is 600. The molecule has 7 nitrogen and oxygen atoms in total. The van der Waals surface area contributed by atoms with E-state index in [2.05, 4.69) is 15.6 Å². The zero-order valence-electron chi connectivity index (χ0n) is 13.0. The molecule has 1 atom stereocenters. The Morgan fingerprint density at radius 1 is 1.48 bits per heavy atom. The molecule has 1 aliphatic rings. The van der Waals surface area contributed by atoms with Crippen molar-refractivity contribution in [1.82, 2.24) is 20.5 Å². The molecule has 1 aromatic heterocycles. The Labute approximate surface area is 143 Å². The van der Waals surface area contributed by atoms with Crippen LogP contribution in [-0.2, 0) is 16.0 Å². The molecule has 2 heterocycles. The van der Waals surface area contributed by atoms with Crippen molar-refractivity contribution in [1.29, 1.82) is 0 Å². The number of carbonyl (C=O) groups is 3. The third-order valence-corrected chi connectivity index (χ3v) is 4.90. The molecular formula is C14H19ClN4O3S. The van der Waals surface area contributed by atoms with E-state index in [0.717, 1.165) is 15.6 Å². The van der Waals surface area contributed by atoms with Crippen molar-refractivity contribution in [3.63, 3.8) is 0 Å². The first-order chi connectivity index (χ1) is 10.9. The van der Waals surface area contributed by atoms with Crippen molar-refractivity contribution < 1.29 is 14.4 Å². The minimum absolute atomic E-state index is 0.0531. The molecule has 1 fully saturated rings. The molecule has 0 bridgehead atoms. The van der Waals surface area contributed by atoms with Crippen LogP contribution < -0.4 is 10.6 Å². The highest BCUT2D eigenvalue weighted by molar-refractivity contribution is 7.16. The fourth-order valence-corrected chi connectivity index (χ4v) is 3.35. The van der Waals surface area contributed by atoms with Gasteiger partial charge < -0.3 is 10.6 Å². The van der Waals surface area contributed by atoms with E-state index in [-0.39, 0.29) is 18.2 Å². The molecule has 0 aliphatic carbocycles. The number of urea groups is 1. The van der Waals surface area contributed by atoms with Crippen molar-refractivity contribution in [3.8, 4) is 0 Å². The number of imide groups is 1. The van der Waals surface area contributed by atoms with Gasteiger partial charge in [0.15, 0.2) is 0 Å². The van der Waals surface area contributed by atoms with Gasteiger partial charge >= 0.3 is 6.03 Å². The number of hydrogen-bond donors (Lipinski definition) is 2. The van der Waals surface area contributed by atoms with E-state index >= 15 is 0 Å². The van der Waals surface area contributed by atoms with E-state index in [0.29, 0.717) is 30.3 Å². The van der Waals surface area contributed by atoms with Gasteiger partial charge in [-0.15, -0.1) is 11.3 Å². The van der Waals surface area contributed by atoms with Crippen molar-refractivity contribution in [3.05, 3.63) is 15.0 Å². The van der Waals surface area contributed by atoms with Crippen LogP contribution in [0.15, 0.2) is 0 Å². The Morgan fingerprint density at radius 2 is 2.22 bits per heavy atom. The lowest BCUT2D eigenvalue weighted by Gasteiger charge is -2.11. The summed E-state index contributed by atoms with van der Waals surface area (Å²) in [7, 11) is 0. The topological polar surface area (TPSA) is 91.4 Å². The lowest BCUT2D eigenvalue weighted by molar-refractivity contribution is -0.130. The van der Waals surface area contributed by atoms with E-state index in [1.807, 2.05) is 13.8 Å². The Kier molecular flexibility index (Phi) is 5.95. The van der Waals surface area contributed by atoms with Gasteiger partial charge in [-0.25, -0.2) is 9.78 Å². The normalized spacial score (nSPS) is 17.5. The van der Waals surface area contributed by atoms with Gasteiger partial charge in [0.1, 0.15) is 10.4 Å². The Hall–Kier alpha value is -1.67. The lowest BCUT2D eigenvalue weighted by Crippen LogP contribution is -2.37. The maximum atomic E-state index is 12.0. The summed E-state index contributed by atoms with van der Waals surface area (Å²) in [4.78, 5) is 41.0. The maximum absolute atomic E-state index is 12.0. The lowest BCUT2D eigenvalue weighted by atomic mass is 10.2. The van der Waals surface area contributed by atoms with Gasteiger partial charge in [0, 0.05) is 19.5 Å². The first-order valence-corrected chi connectivity index (χ1v) is 8.62. The highest BCUT2D eigenvalue weighted by atomic mass is 35.5. The predicted molar refractivity (Wildman–Crippen MR) is 87.5 cm³/mol. The third-order valence-electron chi connectivity index (χ3n) is 3.39. The quantitative estimate of drug-likeness (QED) is 0.722. The largest absolute Gasteiger partial charge is 0.356 e. The number of carbonyl (C=O) groups excluding carboxylic acids is 3. The number of hydrogen-bond acceptors (Lipinski definition) is 5. The highest BCUT2D eigenvalue weighted by Crippen LogP contribution is 2.23. The van der Waals surface area contributed by atoms with Gasteiger partial charge in [0.2, 0.25) is 5.91 Å². The summed E-state index contributed by atoms with van der Waals surface area (Å²) >= 11 is 7.33. The number of aromatic nitrogens is 1. The van der Waals surface area contributed by atoms with Crippen molar-refractivity contribution in [2.24, 2.45) is 0 Å². The smallest absolute Gasteiger partial charge is 0.324 e. The molecular weight excluding hydrogens is 340 g/mol. The zero-order valence-corrected chi connectivity index (χ0v) is 14.6. The van der Waals surface area contributed by atoms with Gasteiger partial charge in [-0.05, 0) is 13.3 Å². The van der Waals surface area contributed by atoms with Gasteiger partial charge in [-0.1, -0.05) is 18.5 Å². The molecule has 23 heavy (non-hydrogen) atoms. The zero-order chi connectivity index (χ0) is 17.0. The van der Waals surface area contributed by atoms with Crippen LogP contribution in [0.5, 0.6) is 0 Å². The molecule has 1 saturated heterocycles. The van der Waals surface area contributed by atoms with Crippen molar-refractivity contribution >= 4 is 40.8 Å². The van der Waals surface area contributed by atoms with Crippen LogP contribution in [0.1, 0.15) is 30.5 Å². The SMILES string of the molecule is CCCN1C(=O)N[C@H](CC(=O)NCCc2nc(C)c(Cl)s2)C1=O. The minimum atomic E-state index is -0.773. The van der Waals surface area contributed by atoms with Gasteiger partial charge in [0.25, 0.3) is 5.91 Å². The summed E-state index contributed by atoms with van der Waals surface area (Å²) < 4.78 is 0.654. The molecule has 0 radical (unpaired) electrons. The Balaban J connectivity index is 1.77. The number of nitrogens with zero attached hydrogens (tertiary/aromatic N) is 2. The second-order valence-electron chi connectivity index (χ2n) is 5.26.